The zero-order chi connectivity index (χ0) is 8.31. The molecule has 0 spiro atoms. The molecule has 0 aromatic rings. The molecule has 2 nitrogen and oxygen atoms in total. The van der Waals surface area contributed by atoms with Crippen LogP contribution in [0.4, 0.5) is 0 Å². The molecule has 0 aromatic heterocycles. The van der Waals surface area contributed by atoms with Crippen LogP contribution >= 0.6 is 0 Å². The molecule has 0 aliphatic heterocycles. The summed E-state index contributed by atoms with van der Waals surface area (Å²) < 4.78 is 0. The summed E-state index contributed by atoms with van der Waals surface area (Å²) in [6.07, 6.45) is 0. The minimum absolute atomic E-state index is 0.556. The standard InChI is InChI=1S/C7H19BN2/c1-7(2)8(9(3)4)10(5)6/h7H,1-6H3. The smallest absolute Gasteiger partial charge is 0.312 e. The maximum atomic E-state index is 2.24. The number of rotatable bonds is 3. The second-order valence-electron chi connectivity index (χ2n) is 3.58. The van der Waals surface area contributed by atoms with Crippen LogP contribution in [0, 0.1) is 0 Å². The first-order valence-electron chi connectivity index (χ1n) is 3.79. The highest BCUT2D eigenvalue weighted by atomic mass is 15.2. The molecule has 0 atom stereocenters. The summed E-state index contributed by atoms with van der Waals surface area (Å²) in [5.74, 6) is 0.685. The van der Waals surface area contributed by atoms with Gasteiger partial charge in [0.25, 0.3) is 0 Å². The summed E-state index contributed by atoms with van der Waals surface area (Å²) in [4.78, 5) is 4.48. The van der Waals surface area contributed by atoms with Crippen LogP contribution in [0.15, 0.2) is 0 Å². The van der Waals surface area contributed by atoms with Crippen LogP contribution in [0.1, 0.15) is 13.8 Å². The third-order valence-corrected chi connectivity index (χ3v) is 1.65. The number of hydrogen-bond acceptors (Lipinski definition) is 2. The van der Waals surface area contributed by atoms with Crippen LogP contribution in [-0.2, 0) is 0 Å². The minimum atomic E-state index is 0.556. The third kappa shape index (κ3) is 2.71. The Morgan fingerprint density at radius 1 is 0.900 bits per heavy atom. The number of hydrogen-bond donors (Lipinski definition) is 0. The van der Waals surface area contributed by atoms with Crippen LogP contribution in [0.2, 0.25) is 5.82 Å². The van der Waals surface area contributed by atoms with Gasteiger partial charge in [0.15, 0.2) is 0 Å². The summed E-state index contributed by atoms with van der Waals surface area (Å²) in [7, 11) is 8.46. The van der Waals surface area contributed by atoms with Gasteiger partial charge in [-0.25, -0.2) is 0 Å². The quantitative estimate of drug-likeness (QED) is 0.542. The molecule has 10 heavy (non-hydrogen) atoms. The van der Waals surface area contributed by atoms with Gasteiger partial charge in [0.2, 0.25) is 0 Å². The van der Waals surface area contributed by atoms with Gasteiger partial charge in [-0.1, -0.05) is 13.8 Å². The zero-order valence-corrected chi connectivity index (χ0v) is 8.05. The van der Waals surface area contributed by atoms with E-state index in [2.05, 4.69) is 51.7 Å². The van der Waals surface area contributed by atoms with E-state index in [1.165, 1.54) is 0 Å². The molecule has 0 bridgehead atoms. The second-order valence-corrected chi connectivity index (χ2v) is 3.58. The van der Waals surface area contributed by atoms with E-state index in [4.69, 9.17) is 0 Å². The van der Waals surface area contributed by atoms with Crippen molar-refractivity contribution >= 4 is 6.98 Å². The fraction of sp³-hybridized carbons (Fsp3) is 1.00. The first kappa shape index (κ1) is 9.98. The molecule has 0 radical (unpaired) electrons. The average molecular weight is 142 g/mol. The molecule has 0 fully saturated rings. The topological polar surface area (TPSA) is 6.48 Å². The van der Waals surface area contributed by atoms with E-state index in [0.29, 0.717) is 12.8 Å². The Labute approximate surface area is 65.3 Å². The molecule has 0 aliphatic rings. The van der Waals surface area contributed by atoms with Gasteiger partial charge in [-0.2, -0.15) is 0 Å². The molecule has 0 saturated heterocycles. The monoisotopic (exact) mass is 142 g/mol. The molecule has 0 amide bonds. The fourth-order valence-electron chi connectivity index (χ4n) is 1.65. The lowest BCUT2D eigenvalue weighted by atomic mass is 9.61. The lowest BCUT2D eigenvalue weighted by Crippen LogP contribution is -2.47. The lowest BCUT2D eigenvalue weighted by molar-refractivity contribution is 0.500. The van der Waals surface area contributed by atoms with Crippen molar-refractivity contribution in [1.82, 2.24) is 9.62 Å². The Bertz CT molecular complexity index is 72.6. The van der Waals surface area contributed by atoms with Gasteiger partial charge in [-0.15, -0.1) is 0 Å². The SMILES string of the molecule is CC(C)B(N(C)C)N(C)C. The molecule has 0 N–H and O–H groups in total. The van der Waals surface area contributed by atoms with E-state index in [1.807, 2.05) is 0 Å². The molecule has 0 saturated carbocycles. The molecule has 0 heterocycles. The van der Waals surface area contributed by atoms with Gasteiger partial charge in [0.05, 0.1) is 0 Å². The van der Waals surface area contributed by atoms with Crippen LogP contribution in [-0.4, -0.2) is 44.8 Å². The van der Waals surface area contributed by atoms with E-state index < -0.39 is 0 Å². The van der Waals surface area contributed by atoms with Gasteiger partial charge >= 0.3 is 6.98 Å². The van der Waals surface area contributed by atoms with Gasteiger partial charge < -0.3 is 9.62 Å². The van der Waals surface area contributed by atoms with E-state index in [9.17, 15) is 0 Å². The maximum absolute atomic E-state index is 2.24. The molecule has 3 heteroatoms. The van der Waals surface area contributed by atoms with E-state index in [-0.39, 0.29) is 0 Å². The number of nitrogens with zero attached hydrogens (tertiary/aromatic N) is 2. The molecule has 0 unspecified atom stereocenters. The Morgan fingerprint density at radius 2 is 1.20 bits per heavy atom. The Balaban J connectivity index is 3.98. The van der Waals surface area contributed by atoms with Gasteiger partial charge in [0, 0.05) is 0 Å². The largest absolute Gasteiger partial charge is 0.334 e. The lowest BCUT2D eigenvalue weighted by Gasteiger charge is -2.29. The van der Waals surface area contributed by atoms with E-state index >= 15 is 0 Å². The van der Waals surface area contributed by atoms with Crippen molar-refractivity contribution in [3.8, 4) is 0 Å². The predicted molar refractivity (Wildman–Crippen MR) is 48.2 cm³/mol. The molecular weight excluding hydrogens is 123 g/mol. The van der Waals surface area contributed by atoms with Crippen molar-refractivity contribution in [3.63, 3.8) is 0 Å². The highest BCUT2D eigenvalue weighted by Gasteiger charge is 2.23. The third-order valence-electron chi connectivity index (χ3n) is 1.65. The van der Waals surface area contributed by atoms with Gasteiger partial charge in [-0.05, 0) is 34.0 Å². The summed E-state index contributed by atoms with van der Waals surface area (Å²) in [5, 5.41) is 0. The molecule has 0 rings (SSSR count). The van der Waals surface area contributed by atoms with E-state index in [0.717, 1.165) is 0 Å². The fourth-order valence-corrected chi connectivity index (χ4v) is 1.65. The normalized spacial score (nSPS) is 11.7. The highest BCUT2D eigenvalue weighted by Crippen LogP contribution is 2.10. The Kier molecular flexibility index (Phi) is 3.98. The second kappa shape index (κ2) is 3.99. The minimum Gasteiger partial charge on any atom is -0.334 e. The van der Waals surface area contributed by atoms with Crippen molar-refractivity contribution in [2.45, 2.75) is 19.7 Å². The van der Waals surface area contributed by atoms with Crippen LogP contribution < -0.4 is 0 Å². The van der Waals surface area contributed by atoms with Crippen LogP contribution in [0.3, 0.4) is 0 Å². The first-order chi connectivity index (χ1) is 4.46. The van der Waals surface area contributed by atoms with Gasteiger partial charge in [-0.3, -0.25) is 0 Å². The van der Waals surface area contributed by atoms with Crippen molar-refractivity contribution in [2.75, 3.05) is 28.2 Å². The van der Waals surface area contributed by atoms with Crippen molar-refractivity contribution in [1.29, 1.82) is 0 Å². The summed E-state index contributed by atoms with van der Waals surface area (Å²) in [5.41, 5.74) is 0. The zero-order valence-electron chi connectivity index (χ0n) is 8.05. The summed E-state index contributed by atoms with van der Waals surface area (Å²) >= 11 is 0. The molecule has 0 aromatic carbocycles. The van der Waals surface area contributed by atoms with Crippen LogP contribution in [0.25, 0.3) is 0 Å². The van der Waals surface area contributed by atoms with Crippen molar-refractivity contribution in [2.24, 2.45) is 0 Å². The first-order valence-corrected chi connectivity index (χ1v) is 3.79. The van der Waals surface area contributed by atoms with Crippen molar-refractivity contribution < 1.29 is 0 Å². The summed E-state index contributed by atoms with van der Waals surface area (Å²) in [6, 6.07) is 0. The maximum Gasteiger partial charge on any atom is 0.312 e. The predicted octanol–water partition coefficient (Wildman–Crippen LogP) is 1.01. The van der Waals surface area contributed by atoms with E-state index in [1.54, 1.807) is 0 Å². The highest BCUT2D eigenvalue weighted by molar-refractivity contribution is 6.53. The Morgan fingerprint density at radius 3 is 1.20 bits per heavy atom. The van der Waals surface area contributed by atoms with Gasteiger partial charge in [0.1, 0.15) is 0 Å². The molecule has 60 valence electrons. The van der Waals surface area contributed by atoms with Crippen molar-refractivity contribution in [3.05, 3.63) is 0 Å². The van der Waals surface area contributed by atoms with Crippen LogP contribution in [0.5, 0.6) is 0 Å². The average Bonchev–Trinajstić information content (AvgIpc) is 1.59. The molecular formula is C7H19BN2. The Hall–Kier alpha value is -0.0151. The molecule has 0 aliphatic carbocycles. The summed E-state index contributed by atoms with van der Waals surface area (Å²) in [6.45, 7) is 5.04.